The first-order chi connectivity index (χ1) is 5.27. The van der Waals surface area contributed by atoms with Crippen LogP contribution in [0.1, 0.15) is 25.7 Å². The van der Waals surface area contributed by atoms with Crippen molar-refractivity contribution in [2.24, 2.45) is 0 Å². The summed E-state index contributed by atoms with van der Waals surface area (Å²) < 4.78 is 4.46. The zero-order chi connectivity index (χ0) is 7.84. The summed E-state index contributed by atoms with van der Waals surface area (Å²) in [6.07, 6.45) is 3.02. The molecule has 0 aromatic heterocycles. The maximum absolute atomic E-state index is 11.0. The first-order valence-corrected chi connectivity index (χ1v) is 3.73. The summed E-state index contributed by atoms with van der Waals surface area (Å²) in [5, 5.41) is 0. The van der Waals surface area contributed by atoms with Crippen LogP contribution in [0, 0.1) is 0 Å². The molecule has 0 fully saturated rings. The van der Waals surface area contributed by atoms with Crippen LogP contribution in [-0.4, -0.2) is 11.9 Å². The highest BCUT2D eigenvalue weighted by molar-refractivity contribution is 6.01. The molecule has 0 radical (unpaired) electrons. The average Bonchev–Trinajstić information content (AvgIpc) is 2.34. The van der Waals surface area contributed by atoms with Crippen molar-refractivity contribution >= 4 is 11.9 Å². The number of carbonyl (C=O) groups is 2. The molecule has 0 amide bonds. The predicted molar refractivity (Wildman–Crippen MR) is 36.6 cm³/mol. The summed E-state index contributed by atoms with van der Waals surface area (Å²) in [6, 6.07) is 0. The molecule has 58 valence electrons. The number of hydrogen-bond donors (Lipinski definition) is 0. The van der Waals surface area contributed by atoms with E-state index in [0.717, 1.165) is 30.4 Å². The van der Waals surface area contributed by atoms with Crippen molar-refractivity contribution in [3.05, 3.63) is 11.1 Å². The Kier molecular flexibility index (Phi) is 1.31. The molecule has 1 aliphatic carbocycles. The summed E-state index contributed by atoms with van der Waals surface area (Å²) >= 11 is 0. The van der Waals surface area contributed by atoms with Gasteiger partial charge in [-0.25, -0.2) is 4.79 Å². The highest BCUT2D eigenvalue weighted by Gasteiger charge is 2.29. The van der Waals surface area contributed by atoms with Crippen LogP contribution in [0.2, 0.25) is 0 Å². The standard InChI is InChI=1S/C8H8O3/c9-7-4-5-2-1-3-6(5)8(10)11-7/h1-4H2. The fourth-order valence-corrected chi connectivity index (χ4v) is 1.62. The fourth-order valence-electron chi connectivity index (χ4n) is 1.62. The van der Waals surface area contributed by atoms with Gasteiger partial charge >= 0.3 is 11.9 Å². The molecule has 0 unspecified atom stereocenters. The van der Waals surface area contributed by atoms with Gasteiger partial charge in [-0.15, -0.1) is 0 Å². The molecule has 0 bridgehead atoms. The van der Waals surface area contributed by atoms with Crippen LogP contribution in [-0.2, 0) is 14.3 Å². The topological polar surface area (TPSA) is 43.4 Å². The minimum Gasteiger partial charge on any atom is -0.389 e. The molecular formula is C8H8O3. The van der Waals surface area contributed by atoms with E-state index in [1.54, 1.807) is 0 Å². The van der Waals surface area contributed by atoms with E-state index in [9.17, 15) is 9.59 Å². The Hall–Kier alpha value is -1.12. The molecule has 0 aromatic rings. The highest BCUT2D eigenvalue weighted by Crippen LogP contribution is 2.32. The lowest BCUT2D eigenvalue weighted by Gasteiger charge is -2.11. The van der Waals surface area contributed by atoms with E-state index in [-0.39, 0.29) is 0 Å². The summed E-state index contributed by atoms with van der Waals surface area (Å²) in [6.45, 7) is 0. The largest absolute Gasteiger partial charge is 0.389 e. The van der Waals surface area contributed by atoms with Gasteiger partial charge in [0.15, 0.2) is 0 Å². The van der Waals surface area contributed by atoms with Crippen LogP contribution < -0.4 is 0 Å². The van der Waals surface area contributed by atoms with Gasteiger partial charge in [0.1, 0.15) is 0 Å². The predicted octanol–water partition coefficient (Wildman–Crippen LogP) is 0.940. The van der Waals surface area contributed by atoms with Gasteiger partial charge in [0.05, 0.1) is 6.42 Å². The number of hydrogen-bond acceptors (Lipinski definition) is 3. The first-order valence-electron chi connectivity index (χ1n) is 3.73. The number of ether oxygens (including phenoxy) is 1. The quantitative estimate of drug-likeness (QED) is 0.383. The number of esters is 2. The summed E-state index contributed by atoms with van der Waals surface area (Å²) in [5.41, 5.74) is 1.76. The maximum Gasteiger partial charge on any atom is 0.341 e. The molecule has 0 saturated heterocycles. The minimum atomic E-state index is -0.409. The second-order valence-corrected chi connectivity index (χ2v) is 2.87. The lowest BCUT2D eigenvalue weighted by Crippen LogP contribution is -2.19. The smallest absolute Gasteiger partial charge is 0.341 e. The zero-order valence-electron chi connectivity index (χ0n) is 6.05. The van der Waals surface area contributed by atoms with E-state index in [2.05, 4.69) is 4.74 Å². The van der Waals surface area contributed by atoms with Crippen molar-refractivity contribution in [2.45, 2.75) is 25.7 Å². The molecule has 1 aliphatic heterocycles. The third-order valence-corrected chi connectivity index (χ3v) is 2.14. The van der Waals surface area contributed by atoms with Crippen molar-refractivity contribution in [1.29, 1.82) is 0 Å². The Morgan fingerprint density at radius 1 is 1.18 bits per heavy atom. The van der Waals surface area contributed by atoms with E-state index in [4.69, 9.17) is 0 Å². The molecular weight excluding hydrogens is 144 g/mol. The first kappa shape index (κ1) is 6.58. The Labute approximate surface area is 64.0 Å². The summed E-state index contributed by atoms with van der Waals surface area (Å²) in [7, 11) is 0. The second kappa shape index (κ2) is 2.19. The van der Waals surface area contributed by atoms with Crippen LogP contribution in [0.25, 0.3) is 0 Å². The lowest BCUT2D eigenvalue weighted by molar-refractivity contribution is -0.157. The third-order valence-electron chi connectivity index (χ3n) is 2.14. The molecule has 0 saturated carbocycles. The highest BCUT2D eigenvalue weighted by atomic mass is 16.6. The zero-order valence-corrected chi connectivity index (χ0v) is 6.05. The number of carbonyl (C=O) groups excluding carboxylic acids is 2. The minimum absolute atomic E-state index is 0.334. The number of cyclic esters (lactones) is 2. The number of rotatable bonds is 0. The fraction of sp³-hybridized carbons (Fsp3) is 0.500. The third kappa shape index (κ3) is 0.964. The van der Waals surface area contributed by atoms with Gasteiger partial charge in [0.2, 0.25) is 0 Å². The van der Waals surface area contributed by atoms with Crippen LogP contribution >= 0.6 is 0 Å². The van der Waals surface area contributed by atoms with Crippen molar-refractivity contribution in [3.8, 4) is 0 Å². The normalized spacial score (nSPS) is 23.6. The van der Waals surface area contributed by atoms with Gasteiger partial charge in [-0.05, 0) is 24.8 Å². The summed E-state index contributed by atoms with van der Waals surface area (Å²) in [5.74, 6) is -0.801. The molecule has 0 spiro atoms. The van der Waals surface area contributed by atoms with E-state index in [1.807, 2.05) is 0 Å². The van der Waals surface area contributed by atoms with E-state index in [0.29, 0.717) is 6.42 Å². The molecule has 0 atom stereocenters. The van der Waals surface area contributed by atoms with Gasteiger partial charge in [0, 0.05) is 5.57 Å². The Morgan fingerprint density at radius 2 is 2.00 bits per heavy atom. The van der Waals surface area contributed by atoms with Crippen molar-refractivity contribution in [1.82, 2.24) is 0 Å². The van der Waals surface area contributed by atoms with Gasteiger partial charge in [-0.2, -0.15) is 0 Å². The summed E-state index contributed by atoms with van der Waals surface area (Å²) in [4.78, 5) is 21.7. The van der Waals surface area contributed by atoms with Crippen LogP contribution in [0.15, 0.2) is 11.1 Å². The van der Waals surface area contributed by atoms with E-state index < -0.39 is 11.9 Å². The van der Waals surface area contributed by atoms with Gasteiger partial charge in [-0.1, -0.05) is 0 Å². The average molecular weight is 152 g/mol. The van der Waals surface area contributed by atoms with Crippen LogP contribution in [0.5, 0.6) is 0 Å². The lowest BCUT2D eigenvalue weighted by atomic mass is 10.1. The molecule has 1 heterocycles. The monoisotopic (exact) mass is 152 g/mol. The Bertz CT molecular complexity index is 263. The maximum atomic E-state index is 11.0. The van der Waals surface area contributed by atoms with E-state index >= 15 is 0 Å². The molecule has 0 aromatic carbocycles. The molecule has 3 nitrogen and oxygen atoms in total. The SMILES string of the molecule is O=C1CC2=C(CCC2)C(=O)O1. The Balaban J connectivity index is 2.35. The van der Waals surface area contributed by atoms with Gasteiger partial charge in [-0.3, -0.25) is 4.79 Å². The molecule has 2 aliphatic rings. The van der Waals surface area contributed by atoms with Gasteiger partial charge < -0.3 is 4.74 Å². The van der Waals surface area contributed by atoms with Gasteiger partial charge in [0.25, 0.3) is 0 Å². The van der Waals surface area contributed by atoms with Crippen LogP contribution in [0.3, 0.4) is 0 Å². The molecule has 2 rings (SSSR count). The van der Waals surface area contributed by atoms with Crippen molar-refractivity contribution in [3.63, 3.8) is 0 Å². The van der Waals surface area contributed by atoms with Crippen LogP contribution in [0.4, 0.5) is 0 Å². The van der Waals surface area contributed by atoms with E-state index in [1.165, 1.54) is 0 Å². The molecule has 0 N–H and O–H groups in total. The Morgan fingerprint density at radius 3 is 2.82 bits per heavy atom. The molecule has 3 heteroatoms. The van der Waals surface area contributed by atoms with Crippen molar-refractivity contribution < 1.29 is 14.3 Å². The molecule has 11 heavy (non-hydrogen) atoms. The second-order valence-electron chi connectivity index (χ2n) is 2.87. The van der Waals surface area contributed by atoms with Crippen molar-refractivity contribution in [2.75, 3.05) is 0 Å².